The molecule has 84 valence electrons. The molecule has 0 amide bonds. The van der Waals surface area contributed by atoms with E-state index < -0.39 is 5.97 Å². The predicted octanol–water partition coefficient (Wildman–Crippen LogP) is 1.14. The number of ether oxygens (including phenoxy) is 2. The summed E-state index contributed by atoms with van der Waals surface area (Å²) < 4.78 is 9.93. The Morgan fingerprint density at radius 2 is 2.31 bits per heavy atom. The van der Waals surface area contributed by atoms with Gasteiger partial charge in [-0.2, -0.15) is 0 Å². The van der Waals surface area contributed by atoms with Gasteiger partial charge in [-0.15, -0.1) is 0 Å². The van der Waals surface area contributed by atoms with Crippen LogP contribution in [0, 0.1) is 0 Å². The third-order valence-electron chi connectivity index (χ3n) is 2.08. The number of H-pyrrole nitrogens is 1. The minimum absolute atomic E-state index is 0.330. The molecule has 2 aromatic heterocycles. The first-order chi connectivity index (χ1) is 7.76. The molecule has 0 aliphatic carbocycles. The van der Waals surface area contributed by atoms with Gasteiger partial charge in [0.15, 0.2) is 0 Å². The van der Waals surface area contributed by atoms with E-state index in [2.05, 4.69) is 15.0 Å². The summed E-state index contributed by atoms with van der Waals surface area (Å²) in [5.74, 6) is 0.0133. The van der Waals surface area contributed by atoms with Crippen molar-refractivity contribution in [2.75, 3.05) is 13.7 Å². The van der Waals surface area contributed by atoms with Gasteiger partial charge in [0.25, 0.3) is 0 Å². The van der Waals surface area contributed by atoms with Crippen molar-refractivity contribution in [3.63, 3.8) is 0 Å². The van der Waals surface area contributed by atoms with Gasteiger partial charge in [-0.3, -0.25) is 0 Å². The van der Waals surface area contributed by atoms with E-state index in [0.717, 1.165) is 0 Å². The Hall–Kier alpha value is -2.11. The van der Waals surface area contributed by atoms with E-state index in [9.17, 15) is 4.79 Å². The number of carbonyl (C=O) groups is 1. The highest BCUT2D eigenvalue weighted by atomic mass is 16.5. The number of hydrogen-bond acceptors (Lipinski definition) is 5. The molecule has 2 heterocycles. The number of esters is 1. The summed E-state index contributed by atoms with van der Waals surface area (Å²) in [7, 11) is 1.51. The number of aromatic nitrogens is 3. The van der Waals surface area contributed by atoms with Crippen molar-refractivity contribution in [3.05, 3.63) is 18.1 Å². The number of fused-ring (bicyclic) bond motifs is 1. The van der Waals surface area contributed by atoms with Crippen LogP contribution in [0.3, 0.4) is 0 Å². The van der Waals surface area contributed by atoms with Crippen molar-refractivity contribution in [3.8, 4) is 5.88 Å². The SMILES string of the molecule is CCOC(=O)c1cc2c(OC)ncnc2[nH]1. The molecular weight excluding hydrogens is 210 g/mol. The van der Waals surface area contributed by atoms with Gasteiger partial charge < -0.3 is 14.5 Å². The van der Waals surface area contributed by atoms with E-state index in [4.69, 9.17) is 9.47 Å². The van der Waals surface area contributed by atoms with E-state index >= 15 is 0 Å². The average molecular weight is 221 g/mol. The molecule has 0 bridgehead atoms. The monoisotopic (exact) mass is 221 g/mol. The van der Waals surface area contributed by atoms with Crippen LogP contribution in [-0.2, 0) is 4.74 Å². The Morgan fingerprint density at radius 3 is 3.00 bits per heavy atom. The van der Waals surface area contributed by atoms with Gasteiger partial charge in [0, 0.05) is 0 Å². The van der Waals surface area contributed by atoms with Crippen molar-refractivity contribution in [1.82, 2.24) is 15.0 Å². The summed E-state index contributed by atoms with van der Waals surface area (Å²) in [5.41, 5.74) is 0.894. The average Bonchev–Trinajstić information content (AvgIpc) is 2.72. The van der Waals surface area contributed by atoms with Crippen LogP contribution in [0.25, 0.3) is 11.0 Å². The number of aromatic amines is 1. The highest BCUT2D eigenvalue weighted by Crippen LogP contribution is 2.21. The Balaban J connectivity index is 2.47. The maximum atomic E-state index is 11.5. The van der Waals surface area contributed by atoms with Gasteiger partial charge in [0.1, 0.15) is 17.7 Å². The molecule has 0 unspecified atom stereocenters. The summed E-state index contributed by atoms with van der Waals surface area (Å²) in [5, 5.41) is 0.660. The smallest absolute Gasteiger partial charge is 0.354 e. The van der Waals surface area contributed by atoms with Crippen LogP contribution in [0.5, 0.6) is 5.88 Å². The third-order valence-corrected chi connectivity index (χ3v) is 2.08. The molecule has 0 saturated carbocycles. The zero-order valence-electron chi connectivity index (χ0n) is 8.98. The molecule has 0 aromatic carbocycles. The topological polar surface area (TPSA) is 77.1 Å². The van der Waals surface area contributed by atoms with Gasteiger partial charge in [-0.1, -0.05) is 0 Å². The zero-order valence-corrected chi connectivity index (χ0v) is 8.98. The van der Waals surface area contributed by atoms with Gasteiger partial charge in [-0.05, 0) is 13.0 Å². The van der Waals surface area contributed by atoms with Crippen molar-refractivity contribution >= 4 is 17.0 Å². The second-order valence-corrected chi connectivity index (χ2v) is 3.05. The lowest BCUT2D eigenvalue weighted by atomic mass is 10.3. The van der Waals surface area contributed by atoms with E-state index in [1.54, 1.807) is 13.0 Å². The van der Waals surface area contributed by atoms with Gasteiger partial charge in [0.2, 0.25) is 5.88 Å². The quantitative estimate of drug-likeness (QED) is 0.786. The molecule has 2 aromatic rings. The Labute approximate surface area is 91.6 Å². The number of carbonyl (C=O) groups excluding carboxylic acids is 1. The summed E-state index contributed by atoms with van der Waals surface area (Å²) in [6, 6.07) is 1.62. The number of nitrogens with zero attached hydrogens (tertiary/aromatic N) is 2. The number of nitrogens with one attached hydrogen (secondary N) is 1. The molecule has 2 rings (SSSR count). The lowest BCUT2D eigenvalue weighted by Gasteiger charge is -1.96. The minimum Gasteiger partial charge on any atom is -0.480 e. The van der Waals surface area contributed by atoms with E-state index in [0.29, 0.717) is 29.2 Å². The first kappa shape index (κ1) is 10.4. The Kier molecular flexibility index (Phi) is 2.72. The molecular formula is C10H11N3O3. The van der Waals surface area contributed by atoms with Gasteiger partial charge >= 0.3 is 5.97 Å². The second-order valence-electron chi connectivity index (χ2n) is 3.05. The number of rotatable bonds is 3. The van der Waals surface area contributed by atoms with Crippen LogP contribution in [0.2, 0.25) is 0 Å². The fourth-order valence-electron chi connectivity index (χ4n) is 1.40. The number of hydrogen-bond donors (Lipinski definition) is 1. The summed E-state index contributed by atoms with van der Waals surface area (Å²) in [6.45, 7) is 2.08. The van der Waals surface area contributed by atoms with Crippen LogP contribution >= 0.6 is 0 Å². The first-order valence-corrected chi connectivity index (χ1v) is 4.81. The molecule has 0 aliphatic heterocycles. The summed E-state index contributed by atoms with van der Waals surface area (Å²) in [4.78, 5) is 22.3. The fourth-order valence-corrected chi connectivity index (χ4v) is 1.40. The van der Waals surface area contributed by atoms with Crippen molar-refractivity contribution in [2.45, 2.75) is 6.92 Å². The minimum atomic E-state index is -0.414. The number of methoxy groups -OCH3 is 1. The lowest BCUT2D eigenvalue weighted by molar-refractivity contribution is 0.0520. The van der Waals surface area contributed by atoms with Crippen LogP contribution in [0.15, 0.2) is 12.4 Å². The molecule has 1 N–H and O–H groups in total. The van der Waals surface area contributed by atoms with E-state index in [1.165, 1.54) is 13.4 Å². The Bertz CT molecular complexity index is 521. The molecule has 0 atom stereocenters. The molecule has 6 nitrogen and oxygen atoms in total. The molecule has 0 aliphatic rings. The molecule has 0 saturated heterocycles. The summed E-state index contributed by atoms with van der Waals surface area (Å²) in [6.07, 6.45) is 1.37. The largest absolute Gasteiger partial charge is 0.480 e. The molecule has 0 radical (unpaired) electrons. The van der Waals surface area contributed by atoms with Gasteiger partial charge in [-0.25, -0.2) is 14.8 Å². The normalized spacial score (nSPS) is 10.4. The third kappa shape index (κ3) is 1.69. The fraction of sp³-hybridized carbons (Fsp3) is 0.300. The highest BCUT2D eigenvalue weighted by Gasteiger charge is 2.13. The molecule has 6 heteroatoms. The molecule has 16 heavy (non-hydrogen) atoms. The predicted molar refractivity (Wildman–Crippen MR) is 56.4 cm³/mol. The van der Waals surface area contributed by atoms with Gasteiger partial charge in [0.05, 0.1) is 19.1 Å². The van der Waals surface area contributed by atoms with Crippen molar-refractivity contribution in [1.29, 1.82) is 0 Å². The van der Waals surface area contributed by atoms with Crippen molar-refractivity contribution < 1.29 is 14.3 Å². The van der Waals surface area contributed by atoms with E-state index in [-0.39, 0.29) is 0 Å². The van der Waals surface area contributed by atoms with Crippen LogP contribution < -0.4 is 4.74 Å². The summed E-state index contributed by atoms with van der Waals surface area (Å²) >= 11 is 0. The van der Waals surface area contributed by atoms with Crippen molar-refractivity contribution in [2.24, 2.45) is 0 Å². The Morgan fingerprint density at radius 1 is 1.50 bits per heavy atom. The first-order valence-electron chi connectivity index (χ1n) is 4.81. The van der Waals surface area contributed by atoms with Crippen LogP contribution in [-0.4, -0.2) is 34.6 Å². The molecule has 0 fully saturated rings. The molecule has 0 spiro atoms. The highest BCUT2D eigenvalue weighted by molar-refractivity contribution is 5.95. The maximum absolute atomic E-state index is 11.5. The standard InChI is InChI=1S/C10H11N3O3/c1-3-16-10(14)7-4-6-8(13-7)11-5-12-9(6)15-2/h4-5H,3H2,1-2H3,(H,11,12,13). The second kappa shape index (κ2) is 4.18. The van der Waals surface area contributed by atoms with E-state index in [1.807, 2.05) is 0 Å². The van der Waals surface area contributed by atoms with Crippen LogP contribution in [0.1, 0.15) is 17.4 Å². The lowest BCUT2D eigenvalue weighted by Crippen LogP contribution is -2.04. The maximum Gasteiger partial charge on any atom is 0.354 e. The zero-order chi connectivity index (χ0) is 11.5. The van der Waals surface area contributed by atoms with Crippen LogP contribution in [0.4, 0.5) is 0 Å².